The quantitative estimate of drug-likeness (QED) is 0.524. The van der Waals surface area contributed by atoms with Gasteiger partial charge in [0.05, 0.1) is 4.92 Å². The molecule has 0 unspecified atom stereocenters. The van der Waals surface area contributed by atoms with Crippen LogP contribution in [0.15, 0.2) is 36.4 Å². The first-order valence-corrected chi connectivity index (χ1v) is 5.83. The number of nitro benzene ring substituents is 1. The zero-order valence-electron chi connectivity index (χ0n) is 10.1. The molecule has 0 aliphatic rings. The van der Waals surface area contributed by atoms with Crippen LogP contribution in [-0.4, -0.2) is 4.92 Å². The van der Waals surface area contributed by atoms with Crippen LogP contribution in [0.4, 0.5) is 11.4 Å². The highest BCUT2D eigenvalue weighted by molar-refractivity contribution is 6.30. The summed E-state index contributed by atoms with van der Waals surface area (Å²) in [6.07, 6.45) is 0. The molecule has 5 nitrogen and oxygen atoms in total. The van der Waals surface area contributed by atoms with Gasteiger partial charge in [-0.2, -0.15) is 0 Å². The van der Waals surface area contributed by atoms with Gasteiger partial charge in [0, 0.05) is 17.2 Å². The molecule has 0 heterocycles. The highest BCUT2D eigenvalue weighted by Crippen LogP contribution is 2.31. The average molecular weight is 279 g/mol. The van der Waals surface area contributed by atoms with Gasteiger partial charge in [-0.25, -0.2) is 0 Å². The van der Waals surface area contributed by atoms with Crippen LogP contribution < -0.4 is 10.5 Å². The first-order valence-electron chi connectivity index (χ1n) is 5.45. The number of benzene rings is 2. The monoisotopic (exact) mass is 278 g/mol. The van der Waals surface area contributed by atoms with Crippen molar-refractivity contribution in [1.29, 1.82) is 0 Å². The molecule has 0 aromatic heterocycles. The van der Waals surface area contributed by atoms with Crippen molar-refractivity contribution >= 4 is 23.0 Å². The summed E-state index contributed by atoms with van der Waals surface area (Å²) in [4.78, 5) is 10.1. The molecule has 0 fully saturated rings. The second kappa shape index (κ2) is 5.16. The van der Waals surface area contributed by atoms with Crippen LogP contribution >= 0.6 is 11.6 Å². The molecule has 0 radical (unpaired) electrons. The molecule has 6 heteroatoms. The third-order valence-electron chi connectivity index (χ3n) is 2.57. The van der Waals surface area contributed by atoms with E-state index in [2.05, 4.69) is 0 Å². The lowest BCUT2D eigenvalue weighted by Crippen LogP contribution is -1.96. The third kappa shape index (κ3) is 2.95. The van der Waals surface area contributed by atoms with E-state index in [1.54, 1.807) is 12.1 Å². The number of halogens is 1. The van der Waals surface area contributed by atoms with Crippen LogP contribution in [0.1, 0.15) is 5.56 Å². The molecule has 2 rings (SSSR count). The maximum Gasteiger partial charge on any atom is 0.292 e. The Morgan fingerprint density at radius 2 is 2.00 bits per heavy atom. The highest BCUT2D eigenvalue weighted by Gasteiger charge is 2.12. The fourth-order valence-electron chi connectivity index (χ4n) is 1.57. The first-order chi connectivity index (χ1) is 8.97. The maximum atomic E-state index is 10.7. The summed E-state index contributed by atoms with van der Waals surface area (Å²) in [6.45, 7) is 1.88. The number of ether oxygens (including phenoxy) is 1. The number of hydrogen-bond donors (Lipinski definition) is 1. The molecule has 19 heavy (non-hydrogen) atoms. The Kier molecular flexibility index (Phi) is 3.57. The molecule has 0 aliphatic heterocycles. The molecular formula is C13H11ClN2O3. The van der Waals surface area contributed by atoms with E-state index in [-0.39, 0.29) is 11.4 Å². The van der Waals surface area contributed by atoms with Crippen molar-refractivity contribution in [3.8, 4) is 11.5 Å². The zero-order valence-corrected chi connectivity index (χ0v) is 10.8. The van der Waals surface area contributed by atoms with E-state index >= 15 is 0 Å². The van der Waals surface area contributed by atoms with E-state index in [1.807, 2.05) is 13.0 Å². The summed E-state index contributed by atoms with van der Waals surface area (Å²) < 4.78 is 5.62. The largest absolute Gasteiger partial charge is 0.457 e. The maximum absolute atomic E-state index is 10.7. The predicted octanol–water partition coefficient (Wildman–Crippen LogP) is 3.93. The standard InChI is InChI=1S/C13H11ClN2O3/c1-8-2-3-9(14)6-13(8)19-10-4-5-12(16(17)18)11(15)7-10/h2-7H,15H2,1H3. The molecule has 0 aliphatic carbocycles. The van der Waals surface area contributed by atoms with E-state index in [0.29, 0.717) is 16.5 Å². The number of rotatable bonds is 3. The molecule has 0 atom stereocenters. The van der Waals surface area contributed by atoms with E-state index in [4.69, 9.17) is 22.1 Å². The molecule has 0 amide bonds. The van der Waals surface area contributed by atoms with Gasteiger partial charge >= 0.3 is 0 Å². The van der Waals surface area contributed by atoms with E-state index in [1.165, 1.54) is 18.2 Å². The van der Waals surface area contributed by atoms with Crippen molar-refractivity contribution < 1.29 is 9.66 Å². The normalized spacial score (nSPS) is 10.2. The Morgan fingerprint density at radius 1 is 1.26 bits per heavy atom. The Morgan fingerprint density at radius 3 is 2.63 bits per heavy atom. The Labute approximate surface area is 114 Å². The Bertz CT molecular complexity index is 644. The summed E-state index contributed by atoms with van der Waals surface area (Å²) in [5.41, 5.74) is 6.41. The summed E-state index contributed by atoms with van der Waals surface area (Å²) in [7, 11) is 0. The predicted molar refractivity (Wildman–Crippen MR) is 73.8 cm³/mol. The van der Waals surface area contributed by atoms with Crippen molar-refractivity contribution in [2.45, 2.75) is 6.92 Å². The number of anilines is 1. The van der Waals surface area contributed by atoms with Gasteiger partial charge in [-0.05, 0) is 30.7 Å². The lowest BCUT2D eigenvalue weighted by Gasteiger charge is -2.09. The summed E-state index contributed by atoms with van der Waals surface area (Å²) >= 11 is 5.89. The van der Waals surface area contributed by atoms with Crippen molar-refractivity contribution in [1.82, 2.24) is 0 Å². The van der Waals surface area contributed by atoms with Crippen LogP contribution in [0.25, 0.3) is 0 Å². The number of hydrogen-bond acceptors (Lipinski definition) is 4. The minimum absolute atomic E-state index is 0.0576. The molecule has 0 saturated heterocycles. The minimum Gasteiger partial charge on any atom is -0.457 e. The van der Waals surface area contributed by atoms with Gasteiger partial charge in [0.15, 0.2) is 0 Å². The lowest BCUT2D eigenvalue weighted by molar-refractivity contribution is -0.383. The van der Waals surface area contributed by atoms with Crippen LogP contribution in [0.2, 0.25) is 5.02 Å². The summed E-state index contributed by atoms with van der Waals surface area (Å²) in [5, 5.41) is 11.2. The molecule has 2 N–H and O–H groups in total. The molecule has 0 bridgehead atoms. The second-order valence-electron chi connectivity index (χ2n) is 3.99. The molecule has 2 aromatic carbocycles. The number of nitrogens with zero attached hydrogens (tertiary/aromatic N) is 1. The first kappa shape index (κ1) is 13.2. The fraction of sp³-hybridized carbons (Fsp3) is 0.0769. The number of aryl methyl sites for hydroxylation is 1. The SMILES string of the molecule is Cc1ccc(Cl)cc1Oc1ccc([N+](=O)[O-])c(N)c1. The van der Waals surface area contributed by atoms with Gasteiger partial charge in [0.25, 0.3) is 5.69 Å². The van der Waals surface area contributed by atoms with Crippen molar-refractivity contribution in [2.75, 3.05) is 5.73 Å². The Balaban J connectivity index is 2.31. The van der Waals surface area contributed by atoms with Crippen molar-refractivity contribution in [3.05, 3.63) is 57.1 Å². The van der Waals surface area contributed by atoms with Crippen LogP contribution in [0, 0.1) is 17.0 Å². The van der Waals surface area contributed by atoms with Crippen LogP contribution in [-0.2, 0) is 0 Å². The van der Waals surface area contributed by atoms with E-state index in [0.717, 1.165) is 5.56 Å². The lowest BCUT2D eigenvalue weighted by atomic mass is 10.2. The van der Waals surface area contributed by atoms with E-state index in [9.17, 15) is 10.1 Å². The summed E-state index contributed by atoms with van der Waals surface area (Å²) in [5.74, 6) is 1.01. The molecule has 2 aromatic rings. The van der Waals surface area contributed by atoms with Crippen LogP contribution in [0.5, 0.6) is 11.5 Å². The van der Waals surface area contributed by atoms with Gasteiger partial charge in [-0.1, -0.05) is 17.7 Å². The van der Waals surface area contributed by atoms with Gasteiger partial charge in [-0.3, -0.25) is 10.1 Å². The number of nitro groups is 1. The number of nitrogen functional groups attached to an aromatic ring is 1. The number of nitrogens with two attached hydrogens (primary N) is 1. The van der Waals surface area contributed by atoms with E-state index < -0.39 is 4.92 Å². The van der Waals surface area contributed by atoms with Gasteiger partial charge in [-0.15, -0.1) is 0 Å². The molecule has 98 valence electrons. The molecular weight excluding hydrogens is 268 g/mol. The van der Waals surface area contributed by atoms with Crippen molar-refractivity contribution in [2.24, 2.45) is 0 Å². The average Bonchev–Trinajstić information content (AvgIpc) is 2.33. The van der Waals surface area contributed by atoms with Gasteiger partial charge in [0.1, 0.15) is 17.2 Å². The van der Waals surface area contributed by atoms with Gasteiger partial charge < -0.3 is 10.5 Å². The fourth-order valence-corrected chi connectivity index (χ4v) is 1.74. The second-order valence-corrected chi connectivity index (χ2v) is 4.43. The van der Waals surface area contributed by atoms with Gasteiger partial charge in [0.2, 0.25) is 0 Å². The smallest absolute Gasteiger partial charge is 0.292 e. The summed E-state index contributed by atoms with van der Waals surface area (Å²) in [6, 6.07) is 9.48. The highest BCUT2D eigenvalue weighted by atomic mass is 35.5. The van der Waals surface area contributed by atoms with Crippen molar-refractivity contribution in [3.63, 3.8) is 0 Å². The zero-order chi connectivity index (χ0) is 14.0. The van der Waals surface area contributed by atoms with Crippen LogP contribution in [0.3, 0.4) is 0 Å². The molecule has 0 spiro atoms. The topological polar surface area (TPSA) is 78.4 Å². The Hall–Kier alpha value is -2.27. The third-order valence-corrected chi connectivity index (χ3v) is 2.81. The minimum atomic E-state index is -0.538. The molecule has 0 saturated carbocycles.